The lowest BCUT2D eigenvalue weighted by Gasteiger charge is -2.25. The van der Waals surface area contributed by atoms with E-state index in [4.69, 9.17) is 5.73 Å². The number of hydrogen-bond acceptors (Lipinski definition) is 2. The molecule has 0 spiro atoms. The first-order valence-corrected chi connectivity index (χ1v) is 7.26. The predicted molar refractivity (Wildman–Crippen MR) is 84.2 cm³/mol. The Hall–Kier alpha value is -0.860. The van der Waals surface area contributed by atoms with Crippen molar-refractivity contribution in [2.75, 3.05) is 13.6 Å². The lowest BCUT2D eigenvalue weighted by molar-refractivity contribution is 0.278. The Morgan fingerprint density at radius 3 is 2.26 bits per heavy atom. The number of benzene rings is 1. The number of nitrogens with zero attached hydrogens (tertiary/aromatic N) is 1. The second-order valence-electron chi connectivity index (χ2n) is 7.04. The van der Waals surface area contributed by atoms with E-state index in [1.807, 2.05) is 0 Å². The summed E-state index contributed by atoms with van der Waals surface area (Å²) in [5.41, 5.74) is 9.21. The van der Waals surface area contributed by atoms with Gasteiger partial charge in [-0.3, -0.25) is 0 Å². The summed E-state index contributed by atoms with van der Waals surface area (Å²) < 4.78 is 0. The van der Waals surface area contributed by atoms with Crippen LogP contribution in [-0.4, -0.2) is 24.5 Å². The first-order valence-electron chi connectivity index (χ1n) is 7.26. The minimum absolute atomic E-state index is 0.306. The largest absolute Gasteiger partial charge is 0.328 e. The summed E-state index contributed by atoms with van der Waals surface area (Å²) in [4.78, 5) is 2.35. The molecule has 0 aromatic heterocycles. The zero-order valence-electron chi connectivity index (χ0n) is 13.2. The molecule has 19 heavy (non-hydrogen) atoms. The summed E-state index contributed by atoms with van der Waals surface area (Å²) in [6, 6.07) is 9.07. The van der Waals surface area contributed by atoms with E-state index in [9.17, 15) is 0 Å². The molecule has 2 heteroatoms. The molecule has 0 aliphatic rings. The van der Waals surface area contributed by atoms with Crippen molar-refractivity contribution in [3.05, 3.63) is 35.4 Å². The van der Waals surface area contributed by atoms with Crippen molar-refractivity contribution in [2.45, 2.75) is 53.1 Å². The summed E-state index contributed by atoms with van der Waals surface area (Å²) in [7, 11) is 2.17. The standard InChI is InChI=1S/C17H30N2/c1-14-6-8-15(9-7-14)13-19(5)11-10-16(18)12-17(2,3)4/h6-9,16H,10-13,18H2,1-5H3. The molecule has 0 aliphatic heterocycles. The molecule has 0 bridgehead atoms. The molecule has 0 radical (unpaired) electrons. The maximum absolute atomic E-state index is 6.19. The first kappa shape index (κ1) is 16.2. The van der Waals surface area contributed by atoms with Crippen molar-refractivity contribution in [2.24, 2.45) is 11.1 Å². The van der Waals surface area contributed by atoms with E-state index >= 15 is 0 Å². The van der Waals surface area contributed by atoms with Gasteiger partial charge in [-0.25, -0.2) is 0 Å². The van der Waals surface area contributed by atoms with E-state index in [2.05, 4.69) is 63.9 Å². The first-order chi connectivity index (χ1) is 8.76. The second-order valence-corrected chi connectivity index (χ2v) is 7.04. The van der Waals surface area contributed by atoms with Crippen molar-refractivity contribution in [3.8, 4) is 0 Å². The van der Waals surface area contributed by atoms with E-state index in [1.54, 1.807) is 0 Å². The molecule has 1 unspecified atom stereocenters. The van der Waals surface area contributed by atoms with E-state index in [1.165, 1.54) is 11.1 Å². The molecule has 0 heterocycles. The SMILES string of the molecule is Cc1ccc(CN(C)CCC(N)CC(C)(C)C)cc1. The molecular formula is C17H30N2. The monoisotopic (exact) mass is 262 g/mol. The van der Waals surface area contributed by atoms with Crippen LogP contribution in [0, 0.1) is 12.3 Å². The second kappa shape index (κ2) is 7.06. The van der Waals surface area contributed by atoms with Gasteiger partial charge in [0, 0.05) is 12.6 Å². The molecule has 2 nitrogen and oxygen atoms in total. The fraction of sp³-hybridized carbons (Fsp3) is 0.647. The highest BCUT2D eigenvalue weighted by Gasteiger charge is 2.15. The normalized spacial score (nSPS) is 13.8. The van der Waals surface area contributed by atoms with Gasteiger partial charge in [0.15, 0.2) is 0 Å². The summed E-state index contributed by atoms with van der Waals surface area (Å²) in [5.74, 6) is 0. The van der Waals surface area contributed by atoms with Gasteiger partial charge in [0.1, 0.15) is 0 Å². The van der Waals surface area contributed by atoms with Gasteiger partial charge in [-0.05, 0) is 44.3 Å². The Labute approximate surface area is 119 Å². The molecular weight excluding hydrogens is 232 g/mol. The molecule has 1 aromatic rings. The lowest BCUT2D eigenvalue weighted by Crippen LogP contribution is -2.31. The number of nitrogens with two attached hydrogens (primary N) is 1. The van der Waals surface area contributed by atoms with Crippen LogP contribution >= 0.6 is 0 Å². The zero-order chi connectivity index (χ0) is 14.5. The van der Waals surface area contributed by atoms with Gasteiger partial charge in [-0.15, -0.1) is 0 Å². The Kier molecular flexibility index (Phi) is 6.02. The van der Waals surface area contributed by atoms with Gasteiger partial charge in [0.25, 0.3) is 0 Å². The van der Waals surface area contributed by atoms with Gasteiger partial charge in [-0.1, -0.05) is 50.6 Å². The van der Waals surface area contributed by atoms with Crippen LogP contribution in [0.1, 0.15) is 44.7 Å². The zero-order valence-corrected chi connectivity index (χ0v) is 13.2. The average molecular weight is 262 g/mol. The van der Waals surface area contributed by atoms with E-state index in [0.29, 0.717) is 11.5 Å². The third kappa shape index (κ3) is 7.34. The lowest BCUT2D eigenvalue weighted by atomic mass is 9.87. The fourth-order valence-corrected chi connectivity index (χ4v) is 2.36. The van der Waals surface area contributed by atoms with Crippen LogP contribution in [-0.2, 0) is 6.54 Å². The Bertz CT molecular complexity index is 362. The number of aryl methyl sites for hydroxylation is 1. The van der Waals surface area contributed by atoms with Gasteiger partial charge in [0.2, 0.25) is 0 Å². The third-order valence-corrected chi connectivity index (χ3v) is 3.33. The van der Waals surface area contributed by atoms with Crippen molar-refractivity contribution < 1.29 is 0 Å². The molecule has 2 N–H and O–H groups in total. The Morgan fingerprint density at radius 1 is 1.16 bits per heavy atom. The molecule has 0 amide bonds. The van der Waals surface area contributed by atoms with Crippen molar-refractivity contribution >= 4 is 0 Å². The van der Waals surface area contributed by atoms with Gasteiger partial charge >= 0.3 is 0 Å². The molecule has 0 saturated carbocycles. The molecule has 1 atom stereocenters. The van der Waals surface area contributed by atoms with Crippen LogP contribution in [0.25, 0.3) is 0 Å². The fourth-order valence-electron chi connectivity index (χ4n) is 2.36. The predicted octanol–water partition coefficient (Wildman–Crippen LogP) is 3.58. The minimum atomic E-state index is 0.306. The van der Waals surface area contributed by atoms with Crippen LogP contribution in [0.4, 0.5) is 0 Å². The van der Waals surface area contributed by atoms with E-state index < -0.39 is 0 Å². The molecule has 108 valence electrons. The highest BCUT2D eigenvalue weighted by molar-refractivity contribution is 5.21. The maximum atomic E-state index is 6.19. The molecule has 0 aliphatic carbocycles. The Balaban J connectivity index is 2.31. The molecule has 1 rings (SSSR count). The number of hydrogen-bond donors (Lipinski definition) is 1. The van der Waals surface area contributed by atoms with Gasteiger partial charge in [0.05, 0.1) is 0 Å². The topological polar surface area (TPSA) is 29.3 Å². The van der Waals surface area contributed by atoms with Crippen LogP contribution < -0.4 is 5.73 Å². The van der Waals surface area contributed by atoms with Gasteiger partial charge < -0.3 is 10.6 Å². The molecule has 0 saturated heterocycles. The quantitative estimate of drug-likeness (QED) is 0.849. The van der Waals surface area contributed by atoms with Crippen LogP contribution in [0.15, 0.2) is 24.3 Å². The van der Waals surface area contributed by atoms with Crippen LogP contribution in [0.5, 0.6) is 0 Å². The number of rotatable bonds is 6. The van der Waals surface area contributed by atoms with E-state index in [-0.39, 0.29) is 0 Å². The minimum Gasteiger partial charge on any atom is -0.328 e. The van der Waals surface area contributed by atoms with E-state index in [0.717, 1.165) is 25.9 Å². The summed E-state index contributed by atoms with van der Waals surface area (Å²) in [6.45, 7) is 10.9. The molecule has 1 aromatic carbocycles. The third-order valence-electron chi connectivity index (χ3n) is 3.33. The van der Waals surface area contributed by atoms with Crippen LogP contribution in [0.3, 0.4) is 0 Å². The molecule has 0 fully saturated rings. The summed E-state index contributed by atoms with van der Waals surface area (Å²) >= 11 is 0. The highest BCUT2D eigenvalue weighted by atomic mass is 15.1. The smallest absolute Gasteiger partial charge is 0.0230 e. The average Bonchev–Trinajstić information content (AvgIpc) is 2.27. The highest BCUT2D eigenvalue weighted by Crippen LogP contribution is 2.21. The van der Waals surface area contributed by atoms with Crippen molar-refractivity contribution in [3.63, 3.8) is 0 Å². The summed E-state index contributed by atoms with van der Waals surface area (Å²) in [6.07, 6.45) is 2.16. The van der Waals surface area contributed by atoms with Gasteiger partial charge in [-0.2, -0.15) is 0 Å². The maximum Gasteiger partial charge on any atom is 0.0230 e. The summed E-state index contributed by atoms with van der Waals surface area (Å²) in [5, 5.41) is 0. The van der Waals surface area contributed by atoms with Crippen LogP contribution in [0.2, 0.25) is 0 Å². The Morgan fingerprint density at radius 2 is 1.74 bits per heavy atom. The van der Waals surface area contributed by atoms with Crippen molar-refractivity contribution in [1.29, 1.82) is 0 Å². The van der Waals surface area contributed by atoms with Crippen molar-refractivity contribution in [1.82, 2.24) is 4.90 Å².